The van der Waals surface area contributed by atoms with Gasteiger partial charge in [-0.1, -0.05) is 23.5 Å². The lowest BCUT2D eigenvalue weighted by Gasteiger charge is -2.07. The number of hydrogen-bond acceptors (Lipinski definition) is 5. The Hall–Kier alpha value is -2.09. The molecule has 0 bridgehead atoms. The summed E-state index contributed by atoms with van der Waals surface area (Å²) in [7, 11) is 0. The molecule has 0 aliphatic rings. The van der Waals surface area contributed by atoms with Crippen molar-refractivity contribution in [1.29, 1.82) is 0 Å². The van der Waals surface area contributed by atoms with E-state index in [9.17, 15) is 13.6 Å². The van der Waals surface area contributed by atoms with Crippen molar-refractivity contribution in [2.24, 2.45) is 0 Å². The molecular formula is C14H15F2N3O2S. The number of benzene rings is 1. The lowest BCUT2D eigenvalue weighted by molar-refractivity contribution is -0.0498. The van der Waals surface area contributed by atoms with E-state index in [1.807, 2.05) is 6.92 Å². The highest BCUT2D eigenvalue weighted by molar-refractivity contribution is 7.08. The number of nitrogens with one attached hydrogen (secondary N) is 1. The minimum absolute atomic E-state index is 0.117. The largest absolute Gasteiger partial charge is 0.435 e. The fraction of sp³-hybridized carbons (Fsp3) is 0.357. The molecule has 1 N–H and O–H groups in total. The van der Waals surface area contributed by atoms with Crippen molar-refractivity contribution in [3.63, 3.8) is 0 Å². The molecule has 0 aliphatic carbocycles. The van der Waals surface area contributed by atoms with Crippen LogP contribution in [-0.2, 0) is 12.8 Å². The lowest BCUT2D eigenvalue weighted by atomic mass is 10.1. The quantitative estimate of drug-likeness (QED) is 0.849. The van der Waals surface area contributed by atoms with E-state index in [0.717, 1.165) is 17.1 Å². The molecule has 0 atom stereocenters. The first kappa shape index (κ1) is 16.3. The summed E-state index contributed by atoms with van der Waals surface area (Å²) in [6.07, 6.45) is 1.25. The van der Waals surface area contributed by atoms with E-state index in [0.29, 0.717) is 30.0 Å². The SMILES string of the molecule is CCc1nnsc1C(=O)NCCc1ccc(OC(F)F)cc1. The van der Waals surface area contributed by atoms with E-state index in [4.69, 9.17) is 0 Å². The predicted octanol–water partition coefficient (Wildman–Crippen LogP) is 2.67. The minimum Gasteiger partial charge on any atom is -0.435 e. The van der Waals surface area contributed by atoms with Gasteiger partial charge in [0.2, 0.25) is 0 Å². The molecule has 1 aromatic heterocycles. The molecule has 0 saturated heterocycles. The van der Waals surface area contributed by atoms with Gasteiger partial charge in [0.1, 0.15) is 10.6 Å². The zero-order chi connectivity index (χ0) is 15.9. The number of aryl methyl sites for hydroxylation is 1. The van der Waals surface area contributed by atoms with Gasteiger partial charge in [-0.25, -0.2) is 0 Å². The number of hydrogen-bond donors (Lipinski definition) is 1. The molecule has 1 heterocycles. The van der Waals surface area contributed by atoms with Crippen LogP contribution in [0.2, 0.25) is 0 Å². The highest BCUT2D eigenvalue weighted by Crippen LogP contribution is 2.15. The maximum atomic E-state index is 12.0. The third-order valence-electron chi connectivity index (χ3n) is 2.94. The fourth-order valence-electron chi connectivity index (χ4n) is 1.85. The van der Waals surface area contributed by atoms with Gasteiger partial charge in [0.25, 0.3) is 5.91 Å². The number of halogens is 2. The average Bonchev–Trinajstić information content (AvgIpc) is 2.97. The summed E-state index contributed by atoms with van der Waals surface area (Å²) in [6.45, 7) is -0.475. The second-order valence-electron chi connectivity index (χ2n) is 4.43. The Morgan fingerprint density at radius 3 is 2.73 bits per heavy atom. The molecule has 1 aromatic carbocycles. The smallest absolute Gasteiger partial charge is 0.387 e. The van der Waals surface area contributed by atoms with Crippen LogP contribution in [0.5, 0.6) is 5.75 Å². The summed E-state index contributed by atoms with van der Waals surface area (Å²) < 4.78 is 32.1. The molecular weight excluding hydrogens is 312 g/mol. The van der Waals surface area contributed by atoms with Crippen LogP contribution in [0, 0.1) is 0 Å². The molecule has 5 nitrogen and oxygen atoms in total. The monoisotopic (exact) mass is 327 g/mol. The maximum absolute atomic E-state index is 12.0. The molecule has 0 spiro atoms. The number of carbonyl (C=O) groups is 1. The van der Waals surface area contributed by atoms with Crippen LogP contribution >= 0.6 is 11.5 Å². The van der Waals surface area contributed by atoms with Crippen molar-refractivity contribution in [2.75, 3.05) is 6.54 Å². The molecule has 0 fully saturated rings. The molecule has 118 valence electrons. The summed E-state index contributed by atoms with van der Waals surface area (Å²) in [6, 6.07) is 6.34. The average molecular weight is 327 g/mol. The Morgan fingerprint density at radius 1 is 1.36 bits per heavy atom. The number of carbonyl (C=O) groups excluding carboxylic acids is 1. The van der Waals surface area contributed by atoms with Crippen molar-refractivity contribution in [2.45, 2.75) is 26.4 Å². The van der Waals surface area contributed by atoms with E-state index in [2.05, 4.69) is 19.6 Å². The molecule has 2 aromatic rings. The highest BCUT2D eigenvalue weighted by Gasteiger charge is 2.14. The zero-order valence-corrected chi connectivity index (χ0v) is 12.7. The normalized spacial score (nSPS) is 10.7. The van der Waals surface area contributed by atoms with Gasteiger partial charge in [0, 0.05) is 6.54 Å². The molecule has 22 heavy (non-hydrogen) atoms. The number of rotatable bonds is 7. The third kappa shape index (κ3) is 4.45. The van der Waals surface area contributed by atoms with Crippen LogP contribution in [-0.4, -0.2) is 28.7 Å². The van der Waals surface area contributed by atoms with E-state index in [1.54, 1.807) is 12.1 Å². The van der Waals surface area contributed by atoms with Crippen molar-refractivity contribution >= 4 is 17.4 Å². The molecule has 0 unspecified atom stereocenters. The first-order valence-corrected chi connectivity index (χ1v) is 7.50. The molecule has 1 amide bonds. The first-order chi connectivity index (χ1) is 10.6. The van der Waals surface area contributed by atoms with Gasteiger partial charge in [-0.3, -0.25) is 4.79 Å². The van der Waals surface area contributed by atoms with Gasteiger partial charge in [0.15, 0.2) is 0 Å². The summed E-state index contributed by atoms with van der Waals surface area (Å²) in [5.41, 5.74) is 1.61. The Balaban J connectivity index is 1.82. The summed E-state index contributed by atoms with van der Waals surface area (Å²) in [4.78, 5) is 12.5. The predicted molar refractivity (Wildman–Crippen MR) is 78.4 cm³/mol. The van der Waals surface area contributed by atoms with E-state index < -0.39 is 6.61 Å². The van der Waals surface area contributed by atoms with Gasteiger partial charge >= 0.3 is 6.61 Å². The first-order valence-electron chi connectivity index (χ1n) is 6.73. The van der Waals surface area contributed by atoms with Crippen LogP contribution in [0.25, 0.3) is 0 Å². The number of alkyl halides is 2. The minimum atomic E-state index is -2.83. The molecule has 2 rings (SSSR count). The maximum Gasteiger partial charge on any atom is 0.387 e. The Morgan fingerprint density at radius 2 is 2.09 bits per heavy atom. The third-order valence-corrected chi connectivity index (χ3v) is 3.71. The van der Waals surface area contributed by atoms with Gasteiger partial charge in [-0.05, 0) is 42.1 Å². The Bertz CT molecular complexity index is 617. The molecule has 0 aliphatic heterocycles. The topological polar surface area (TPSA) is 64.1 Å². The number of amides is 1. The van der Waals surface area contributed by atoms with Crippen LogP contribution in [0.1, 0.15) is 27.9 Å². The van der Waals surface area contributed by atoms with E-state index in [1.165, 1.54) is 12.1 Å². The standard InChI is InChI=1S/C14H15F2N3O2S/c1-2-11-12(22-19-18-11)13(20)17-8-7-9-3-5-10(6-4-9)21-14(15)16/h3-6,14H,2,7-8H2,1H3,(H,17,20). The summed E-state index contributed by atoms with van der Waals surface area (Å²) in [5.74, 6) is -0.0735. The summed E-state index contributed by atoms with van der Waals surface area (Å²) in [5, 5.41) is 6.68. The van der Waals surface area contributed by atoms with Gasteiger partial charge in [-0.2, -0.15) is 8.78 Å². The zero-order valence-electron chi connectivity index (χ0n) is 11.9. The van der Waals surface area contributed by atoms with Crippen molar-refractivity contribution < 1.29 is 18.3 Å². The molecule has 0 radical (unpaired) electrons. The van der Waals surface area contributed by atoms with Crippen LogP contribution in [0.15, 0.2) is 24.3 Å². The van der Waals surface area contributed by atoms with Crippen LogP contribution < -0.4 is 10.1 Å². The molecule has 0 saturated carbocycles. The number of aromatic nitrogens is 2. The van der Waals surface area contributed by atoms with Gasteiger partial charge in [0.05, 0.1) is 5.69 Å². The van der Waals surface area contributed by atoms with E-state index >= 15 is 0 Å². The van der Waals surface area contributed by atoms with E-state index in [-0.39, 0.29) is 11.7 Å². The lowest BCUT2D eigenvalue weighted by Crippen LogP contribution is -2.25. The van der Waals surface area contributed by atoms with Gasteiger partial charge in [-0.15, -0.1) is 5.10 Å². The Labute approximate surface area is 130 Å². The van der Waals surface area contributed by atoms with Crippen LogP contribution in [0.3, 0.4) is 0 Å². The summed E-state index contributed by atoms with van der Waals surface area (Å²) >= 11 is 1.08. The number of ether oxygens (including phenoxy) is 1. The molecule has 8 heteroatoms. The van der Waals surface area contributed by atoms with Crippen molar-refractivity contribution in [3.05, 3.63) is 40.4 Å². The van der Waals surface area contributed by atoms with Crippen molar-refractivity contribution in [1.82, 2.24) is 14.9 Å². The van der Waals surface area contributed by atoms with Crippen molar-refractivity contribution in [3.8, 4) is 5.75 Å². The highest BCUT2D eigenvalue weighted by atomic mass is 32.1. The van der Waals surface area contributed by atoms with Crippen LogP contribution in [0.4, 0.5) is 8.78 Å². The number of nitrogens with zero attached hydrogens (tertiary/aromatic N) is 2. The van der Waals surface area contributed by atoms with Gasteiger partial charge < -0.3 is 10.1 Å². The Kier molecular flexibility index (Phi) is 5.76. The second kappa shape index (κ2) is 7.79. The fourth-order valence-corrected chi connectivity index (χ4v) is 2.52. The second-order valence-corrected chi connectivity index (χ2v) is 5.18.